The molecule has 19 heavy (non-hydrogen) atoms. The van der Waals surface area contributed by atoms with E-state index in [-0.39, 0.29) is 15.5 Å². The lowest BCUT2D eigenvalue weighted by Gasteiger charge is -2.08. The molecule has 0 aliphatic heterocycles. The van der Waals surface area contributed by atoms with E-state index in [0.29, 0.717) is 13.1 Å². The van der Waals surface area contributed by atoms with Gasteiger partial charge in [0.25, 0.3) is 0 Å². The molecule has 0 aliphatic rings. The molecule has 7 heteroatoms. The van der Waals surface area contributed by atoms with Crippen molar-refractivity contribution in [1.82, 2.24) is 10.0 Å². The molecule has 0 aliphatic carbocycles. The number of halogens is 1. The fraction of sp³-hybridized carbons (Fsp3) is 0.417. The highest BCUT2D eigenvalue weighted by Crippen LogP contribution is 2.19. The van der Waals surface area contributed by atoms with Gasteiger partial charge in [-0.05, 0) is 31.2 Å². The number of hydrogen-bond donors (Lipinski definition) is 2. The Bertz CT molecular complexity index is 567. The van der Waals surface area contributed by atoms with Crippen LogP contribution < -0.4 is 10.0 Å². The van der Waals surface area contributed by atoms with Crippen LogP contribution in [0.3, 0.4) is 0 Å². The van der Waals surface area contributed by atoms with Gasteiger partial charge < -0.3 is 5.32 Å². The van der Waals surface area contributed by atoms with E-state index in [2.05, 4.69) is 10.0 Å². The molecule has 0 radical (unpaired) electrons. The molecule has 0 saturated heterocycles. The monoisotopic (exact) mass is 301 g/mol. The van der Waals surface area contributed by atoms with Crippen LogP contribution in [0.1, 0.15) is 18.9 Å². The van der Waals surface area contributed by atoms with Crippen molar-refractivity contribution in [2.24, 2.45) is 0 Å². The van der Waals surface area contributed by atoms with E-state index in [1.165, 1.54) is 18.2 Å². The molecule has 0 aromatic heterocycles. The van der Waals surface area contributed by atoms with Gasteiger partial charge in [-0.2, -0.15) is 5.26 Å². The van der Waals surface area contributed by atoms with Crippen molar-refractivity contribution >= 4 is 21.6 Å². The minimum Gasteiger partial charge on any atom is -0.315 e. The van der Waals surface area contributed by atoms with Crippen LogP contribution in [0, 0.1) is 11.3 Å². The molecule has 1 aromatic rings. The summed E-state index contributed by atoms with van der Waals surface area (Å²) in [5, 5.41) is 12.0. The van der Waals surface area contributed by atoms with Gasteiger partial charge in [-0.1, -0.05) is 18.5 Å². The molecule has 0 saturated carbocycles. The number of sulfonamides is 1. The van der Waals surface area contributed by atoms with Gasteiger partial charge in [0.2, 0.25) is 10.0 Å². The highest BCUT2D eigenvalue weighted by molar-refractivity contribution is 7.89. The van der Waals surface area contributed by atoms with E-state index in [1.54, 1.807) is 0 Å². The Labute approximate surface area is 118 Å². The van der Waals surface area contributed by atoms with Gasteiger partial charge in [0, 0.05) is 13.1 Å². The smallest absolute Gasteiger partial charge is 0.240 e. The number of nitrogens with one attached hydrogen (secondary N) is 2. The summed E-state index contributed by atoms with van der Waals surface area (Å²) in [6.45, 7) is 3.76. The highest BCUT2D eigenvalue weighted by Gasteiger charge is 2.14. The van der Waals surface area contributed by atoms with Gasteiger partial charge in [-0.15, -0.1) is 0 Å². The highest BCUT2D eigenvalue weighted by atomic mass is 35.5. The number of nitriles is 1. The molecule has 1 aromatic carbocycles. The van der Waals surface area contributed by atoms with Gasteiger partial charge in [0.15, 0.2) is 0 Å². The standard InChI is InChI=1S/C12H16ClN3O2S/c1-2-5-15-6-7-16-19(17,18)11-4-3-10(9-14)12(13)8-11/h3-4,8,15-16H,2,5-7H2,1H3. The average Bonchev–Trinajstić information content (AvgIpc) is 2.38. The third kappa shape index (κ3) is 4.80. The first-order valence-electron chi connectivity index (χ1n) is 5.91. The lowest BCUT2D eigenvalue weighted by atomic mass is 10.2. The second-order valence-corrected chi connectivity index (χ2v) is 6.08. The third-order valence-electron chi connectivity index (χ3n) is 2.39. The first kappa shape index (κ1) is 15.9. The van der Waals surface area contributed by atoms with Crippen LogP contribution in [0.2, 0.25) is 5.02 Å². The van der Waals surface area contributed by atoms with Gasteiger partial charge >= 0.3 is 0 Å². The maximum Gasteiger partial charge on any atom is 0.240 e. The maximum absolute atomic E-state index is 11.9. The predicted octanol–water partition coefficient (Wildman–Crippen LogP) is 1.49. The predicted molar refractivity (Wildman–Crippen MR) is 74.5 cm³/mol. The topological polar surface area (TPSA) is 82.0 Å². The number of hydrogen-bond acceptors (Lipinski definition) is 4. The minimum absolute atomic E-state index is 0.0620. The Morgan fingerprint density at radius 1 is 1.32 bits per heavy atom. The summed E-state index contributed by atoms with van der Waals surface area (Å²) >= 11 is 5.81. The lowest BCUT2D eigenvalue weighted by molar-refractivity contribution is 0.575. The normalized spacial score (nSPS) is 11.2. The molecule has 0 unspecified atom stereocenters. The van der Waals surface area contributed by atoms with E-state index < -0.39 is 10.0 Å². The largest absolute Gasteiger partial charge is 0.315 e. The van der Waals surface area contributed by atoms with E-state index in [4.69, 9.17) is 16.9 Å². The Hall–Kier alpha value is -1.13. The summed E-state index contributed by atoms with van der Waals surface area (Å²) in [4.78, 5) is 0.0620. The molecule has 2 N–H and O–H groups in total. The van der Waals surface area contributed by atoms with Crippen molar-refractivity contribution in [2.75, 3.05) is 19.6 Å². The third-order valence-corrected chi connectivity index (χ3v) is 4.16. The van der Waals surface area contributed by atoms with Crippen molar-refractivity contribution in [2.45, 2.75) is 18.2 Å². The first-order valence-corrected chi connectivity index (χ1v) is 7.77. The molecule has 104 valence electrons. The number of rotatable bonds is 7. The Balaban J connectivity index is 2.68. The Morgan fingerprint density at radius 3 is 2.63 bits per heavy atom. The van der Waals surface area contributed by atoms with Crippen LogP contribution in [0.15, 0.2) is 23.1 Å². The van der Waals surface area contributed by atoms with Gasteiger partial charge in [0.1, 0.15) is 6.07 Å². The van der Waals surface area contributed by atoms with Crippen molar-refractivity contribution in [3.8, 4) is 6.07 Å². The maximum atomic E-state index is 11.9. The van der Waals surface area contributed by atoms with Crippen LogP contribution in [0.25, 0.3) is 0 Å². The Morgan fingerprint density at radius 2 is 2.05 bits per heavy atom. The molecule has 0 heterocycles. The summed E-state index contributed by atoms with van der Waals surface area (Å²) in [7, 11) is -3.58. The molecule has 0 fully saturated rings. The zero-order chi connectivity index (χ0) is 14.3. The van der Waals surface area contributed by atoms with Gasteiger partial charge in [-0.25, -0.2) is 13.1 Å². The van der Waals surface area contributed by atoms with Crippen LogP contribution in [-0.4, -0.2) is 28.1 Å². The summed E-state index contributed by atoms with van der Waals surface area (Å²) in [6.07, 6.45) is 0.998. The van der Waals surface area contributed by atoms with Crippen molar-refractivity contribution in [3.63, 3.8) is 0 Å². The summed E-state index contributed by atoms with van der Waals surface area (Å²) in [5.41, 5.74) is 0.255. The van der Waals surface area contributed by atoms with E-state index in [0.717, 1.165) is 13.0 Å². The molecule has 0 bridgehead atoms. The van der Waals surface area contributed by atoms with Crippen molar-refractivity contribution in [1.29, 1.82) is 5.26 Å². The van der Waals surface area contributed by atoms with Crippen molar-refractivity contribution in [3.05, 3.63) is 28.8 Å². The van der Waals surface area contributed by atoms with Gasteiger partial charge in [0.05, 0.1) is 15.5 Å². The van der Waals surface area contributed by atoms with Crippen LogP contribution in [-0.2, 0) is 10.0 Å². The fourth-order valence-corrected chi connectivity index (χ4v) is 2.76. The molecule has 0 atom stereocenters. The second-order valence-electron chi connectivity index (χ2n) is 3.90. The minimum atomic E-state index is -3.58. The quantitative estimate of drug-likeness (QED) is 0.748. The van der Waals surface area contributed by atoms with E-state index in [9.17, 15) is 8.42 Å². The molecule has 5 nitrogen and oxygen atoms in total. The lowest BCUT2D eigenvalue weighted by Crippen LogP contribution is -2.32. The number of benzene rings is 1. The first-order chi connectivity index (χ1) is 9.01. The van der Waals surface area contributed by atoms with Crippen molar-refractivity contribution < 1.29 is 8.42 Å². The number of nitrogens with zero attached hydrogens (tertiary/aromatic N) is 1. The molecular weight excluding hydrogens is 286 g/mol. The molecular formula is C12H16ClN3O2S. The molecule has 0 amide bonds. The van der Waals surface area contributed by atoms with Crippen LogP contribution in [0.5, 0.6) is 0 Å². The second kappa shape index (κ2) is 7.46. The van der Waals surface area contributed by atoms with Gasteiger partial charge in [-0.3, -0.25) is 0 Å². The Kier molecular flexibility index (Phi) is 6.25. The van der Waals surface area contributed by atoms with E-state index in [1.807, 2.05) is 13.0 Å². The van der Waals surface area contributed by atoms with Crippen LogP contribution in [0.4, 0.5) is 0 Å². The summed E-state index contributed by atoms with van der Waals surface area (Å²) in [6, 6.07) is 5.93. The zero-order valence-corrected chi connectivity index (χ0v) is 12.2. The van der Waals surface area contributed by atoms with Crippen LogP contribution >= 0.6 is 11.6 Å². The molecule has 0 spiro atoms. The molecule has 1 rings (SSSR count). The SMILES string of the molecule is CCCNCCNS(=O)(=O)c1ccc(C#N)c(Cl)c1. The average molecular weight is 302 g/mol. The fourth-order valence-electron chi connectivity index (χ4n) is 1.41. The summed E-state index contributed by atoms with van der Waals surface area (Å²) < 4.78 is 26.3. The van der Waals surface area contributed by atoms with E-state index >= 15 is 0 Å². The summed E-state index contributed by atoms with van der Waals surface area (Å²) in [5.74, 6) is 0. The zero-order valence-electron chi connectivity index (χ0n) is 10.6.